The van der Waals surface area contributed by atoms with Crippen molar-refractivity contribution in [3.63, 3.8) is 0 Å². The first-order valence-electron chi connectivity index (χ1n) is 3.94. The fourth-order valence-electron chi connectivity index (χ4n) is 1.40. The lowest BCUT2D eigenvalue weighted by Gasteiger charge is -2.01. The summed E-state index contributed by atoms with van der Waals surface area (Å²) in [5, 5.41) is 9.93. The first-order chi connectivity index (χ1) is 6.16. The van der Waals surface area contributed by atoms with E-state index in [0.717, 1.165) is 11.3 Å². The summed E-state index contributed by atoms with van der Waals surface area (Å²) in [5.74, 6) is 0.0258. The Labute approximate surface area is 75.3 Å². The Kier molecular flexibility index (Phi) is 1.55. The fourth-order valence-corrected chi connectivity index (χ4v) is 1.40. The third-order valence-corrected chi connectivity index (χ3v) is 2.04. The van der Waals surface area contributed by atoms with Crippen molar-refractivity contribution >= 4 is 17.4 Å². The van der Waals surface area contributed by atoms with E-state index in [9.17, 15) is 4.79 Å². The standard InChI is InChI=1S/C9H9N3O/c10-9(11)5-1-2-7-6(3-5)4-8(13)12-7/h1-3H,4H2,(H3,10,11)(H,12,13). The van der Waals surface area contributed by atoms with Gasteiger partial charge in [0.25, 0.3) is 0 Å². The number of anilines is 1. The predicted molar refractivity (Wildman–Crippen MR) is 49.8 cm³/mol. The summed E-state index contributed by atoms with van der Waals surface area (Å²) in [4.78, 5) is 11.0. The highest BCUT2D eigenvalue weighted by Crippen LogP contribution is 2.23. The van der Waals surface area contributed by atoms with Crippen molar-refractivity contribution in [2.45, 2.75) is 6.42 Å². The van der Waals surface area contributed by atoms with Crippen LogP contribution in [0.5, 0.6) is 0 Å². The molecule has 0 spiro atoms. The van der Waals surface area contributed by atoms with Gasteiger partial charge in [0.15, 0.2) is 0 Å². The highest BCUT2D eigenvalue weighted by atomic mass is 16.1. The van der Waals surface area contributed by atoms with Gasteiger partial charge >= 0.3 is 0 Å². The second kappa shape index (κ2) is 2.58. The van der Waals surface area contributed by atoms with Gasteiger partial charge in [-0.05, 0) is 23.8 Å². The van der Waals surface area contributed by atoms with Crippen molar-refractivity contribution < 1.29 is 4.79 Å². The maximum Gasteiger partial charge on any atom is 0.228 e. The molecule has 13 heavy (non-hydrogen) atoms. The van der Waals surface area contributed by atoms with Gasteiger partial charge in [0, 0.05) is 11.3 Å². The summed E-state index contributed by atoms with van der Waals surface area (Å²) in [7, 11) is 0. The normalized spacial score (nSPS) is 13.7. The van der Waals surface area contributed by atoms with Gasteiger partial charge in [-0.2, -0.15) is 0 Å². The van der Waals surface area contributed by atoms with E-state index in [0.29, 0.717) is 12.0 Å². The smallest absolute Gasteiger partial charge is 0.228 e. The molecule has 2 rings (SSSR count). The van der Waals surface area contributed by atoms with Gasteiger partial charge < -0.3 is 11.1 Å². The summed E-state index contributed by atoms with van der Waals surface area (Å²) in [6.45, 7) is 0. The van der Waals surface area contributed by atoms with Crippen molar-refractivity contribution in [3.05, 3.63) is 29.3 Å². The quantitative estimate of drug-likeness (QED) is 0.428. The molecule has 0 fully saturated rings. The molecule has 4 nitrogen and oxygen atoms in total. The van der Waals surface area contributed by atoms with Crippen molar-refractivity contribution in [1.29, 1.82) is 5.41 Å². The summed E-state index contributed by atoms with van der Waals surface area (Å²) < 4.78 is 0. The van der Waals surface area contributed by atoms with Crippen LogP contribution in [0.3, 0.4) is 0 Å². The molecule has 0 radical (unpaired) electrons. The molecule has 1 aliphatic heterocycles. The molecule has 66 valence electrons. The first-order valence-corrected chi connectivity index (χ1v) is 3.94. The van der Waals surface area contributed by atoms with E-state index in [4.69, 9.17) is 11.1 Å². The molecule has 0 saturated heterocycles. The van der Waals surface area contributed by atoms with Crippen LogP contribution in [0, 0.1) is 5.41 Å². The number of nitrogens with one attached hydrogen (secondary N) is 2. The van der Waals surface area contributed by atoms with Crippen LogP contribution in [0.15, 0.2) is 18.2 Å². The molecule has 1 heterocycles. The minimum Gasteiger partial charge on any atom is -0.384 e. The number of nitrogen functional groups attached to an aromatic ring is 1. The topological polar surface area (TPSA) is 79.0 Å². The lowest BCUT2D eigenvalue weighted by Crippen LogP contribution is -2.10. The average Bonchev–Trinajstić information content (AvgIpc) is 2.42. The van der Waals surface area contributed by atoms with Crippen molar-refractivity contribution in [2.75, 3.05) is 5.32 Å². The predicted octanol–water partition coefficient (Wildman–Crippen LogP) is 0.465. The number of nitrogens with two attached hydrogens (primary N) is 1. The first kappa shape index (κ1) is 7.79. The van der Waals surface area contributed by atoms with Gasteiger partial charge in [0.1, 0.15) is 5.84 Å². The van der Waals surface area contributed by atoms with E-state index in [2.05, 4.69) is 5.32 Å². The molecule has 0 aromatic heterocycles. The van der Waals surface area contributed by atoms with Crippen LogP contribution in [0.4, 0.5) is 5.69 Å². The molecule has 0 aliphatic carbocycles. The maximum absolute atomic E-state index is 11.0. The molecule has 1 aromatic carbocycles. The Hall–Kier alpha value is -1.84. The van der Waals surface area contributed by atoms with Crippen LogP contribution in [0.2, 0.25) is 0 Å². The van der Waals surface area contributed by atoms with Gasteiger partial charge in [-0.25, -0.2) is 0 Å². The molecule has 1 aliphatic rings. The lowest BCUT2D eigenvalue weighted by molar-refractivity contribution is -0.115. The van der Waals surface area contributed by atoms with Crippen LogP contribution in [0.1, 0.15) is 11.1 Å². The molecule has 0 saturated carbocycles. The number of carbonyl (C=O) groups is 1. The number of benzene rings is 1. The van der Waals surface area contributed by atoms with Crippen molar-refractivity contribution in [3.8, 4) is 0 Å². The number of hydrogen-bond donors (Lipinski definition) is 3. The Balaban J connectivity index is 2.45. The van der Waals surface area contributed by atoms with Gasteiger partial charge in [0.05, 0.1) is 6.42 Å². The van der Waals surface area contributed by atoms with Crippen LogP contribution in [0.25, 0.3) is 0 Å². The average molecular weight is 175 g/mol. The number of hydrogen-bond acceptors (Lipinski definition) is 2. The summed E-state index contributed by atoms with van der Waals surface area (Å²) in [6, 6.07) is 5.28. The van der Waals surface area contributed by atoms with E-state index in [1.165, 1.54) is 0 Å². The van der Waals surface area contributed by atoms with Crippen LogP contribution in [-0.2, 0) is 11.2 Å². The molecule has 1 amide bonds. The fraction of sp³-hybridized carbons (Fsp3) is 0.111. The molecular weight excluding hydrogens is 166 g/mol. The molecule has 0 unspecified atom stereocenters. The monoisotopic (exact) mass is 175 g/mol. The SMILES string of the molecule is N=C(N)c1ccc2c(c1)CC(=O)N2. The molecule has 1 aromatic rings. The Morgan fingerprint density at radius 2 is 2.31 bits per heavy atom. The largest absolute Gasteiger partial charge is 0.384 e. The van der Waals surface area contributed by atoms with Crippen LogP contribution >= 0.6 is 0 Å². The van der Waals surface area contributed by atoms with Gasteiger partial charge in [-0.3, -0.25) is 10.2 Å². The zero-order valence-corrected chi connectivity index (χ0v) is 6.92. The Morgan fingerprint density at radius 1 is 1.54 bits per heavy atom. The summed E-state index contributed by atoms with van der Waals surface area (Å²) in [6.07, 6.45) is 0.385. The van der Waals surface area contributed by atoms with Crippen molar-refractivity contribution in [1.82, 2.24) is 0 Å². The molecule has 4 heteroatoms. The molecule has 0 atom stereocenters. The Bertz CT molecular complexity index is 398. The number of amidine groups is 1. The van der Waals surface area contributed by atoms with E-state index in [1.54, 1.807) is 18.2 Å². The van der Waals surface area contributed by atoms with Crippen LogP contribution in [-0.4, -0.2) is 11.7 Å². The third-order valence-electron chi connectivity index (χ3n) is 2.04. The number of carbonyl (C=O) groups excluding carboxylic acids is 1. The number of amides is 1. The van der Waals surface area contributed by atoms with Crippen LogP contribution < -0.4 is 11.1 Å². The third kappa shape index (κ3) is 1.26. The van der Waals surface area contributed by atoms with E-state index >= 15 is 0 Å². The minimum absolute atomic E-state index is 0.00398. The van der Waals surface area contributed by atoms with Crippen molar-refractivity contribution in [2.24, 2.45) is 5.73 Å². The number of rotatable bonds is 1. The van der Waals surface area contributed by atoms with E-state index in [1.807, 2.05) is 0 Å². The van der Waals surface area contributed by atoms with Gasteiger partial charge in [-0.1, -0.05) is 0 Å². The van der Waals surface area contributed by atoms with Gasteiger partial charge in [0.2, 0.25) is 5.91 Å². The minimum atomic E-state index is -0.00398. The summed E-state index contributed by atoms with van der Waals surface area (Å²) >= 11 is 0. The number of fused-ring (bicyclic) bond motifs is 1. The molecule has 0 bridgehead atoms. The molecular formula is C9H9N3O. The second-order valence-electron chi connectivity index (χ2n) is 3.01. The van der Waals surface area contributed by atoms with E-state index in [-0.39, 0.29) is 11.7 Å². The van der Waals surface area contributed by atoms with Gasteiger partial charge in [-0.15, -0.1) is 0 Å². The lowest BCUT2D eigenvalue weighted by atomic mass is 10.1. The Morgan fingerprint density at radius 3 is 3.00 bits per heavy atom. The highest BCUT2D eigenvalue weighted by molar-refractivity contribution is 6.01. The molecule has 4 N–H and O–H groups in total. The maximum atomic E-state index is 11.0. The van der Waals surface area contributed by atoms with E-state index < -0.39 is 0 Å². The zero-order chi connectivity index (χ0) is 9.42. The highest BCUT2D eigenvalue weighted by Gasteiger charge is 2.17. The zero-order valence-electron chi connectivity index (χ0n) is 6.92. The summed E-state index contributed by atoms with van der Waals surface area (Å²) in [5.41, 5.74) is 7.73. The second-order valence-corrected chi connectivity index (χ2v) is 3.01.